The number of carbonyl (C=O) groups excluding carboxylic acids is 3. The summed E-state index contributed by atoms with van der Waals surface area (Å²) < 4.78 is 24.0. The first-order chi connectivity index (χ1) is 24.9. The first-order valence-corrected chi connectivity index (χ1v) is 16.9. The maximum Gasteiger partial charge on any atom is 0.296 e. The molecule has 5 aliphatic rings. The van der Waals surface area contributed by atoms with E-state index in [4.69, 9.17) is 23.9 Å². The Morgan fingerprint density at radius 3 is 2.63 bits per heavy atom. The van der Waals surface area contributed by atoms with Crippen LogP contribution in [0.1, 0.15) is 47.0 Å². The van der Waals surface area contributed by atoms with Crippen molar-refractivity contribution in [2.24, 2.45) is 4.99 Å². The highest BCUT2D eigenvalue weighted by Crippen LogP contribution is 2.37. The molecule has 2 aromatic carbocycles. The predicted molar refractivity (Wildman–Crippen MR) is 179 cm³/mol. The summed E-state index contributed by atoms with van der Waals surface area (Å²) in [4.78, 5) is 68.5. The molecular formula is C35H36N8O8. The van der Waals surface area contributed by atoms with E-state index in [2.05, 4.69) is 10.4 Å². The standard InChI is InChI=1S/C35H36N8O8/c1-2-24-29(33(46)43-35(41(24)14-16-44)37-31(38-43)23-8-9-25-26(18-23)51-21-50-25)39-10-12-40(13-11-39)32(45)28-30(49-19-22-6-4-3-5-7-22)34(47)42-15-17-48-20-27(42)36-28/h3-9,16,18,31,38H,2,10-15,17,19-21H2,1H3. The van der Waals surface area contributed by atoms with Crippen LogP contribution in [-0.4, -0.2) is 99.4 Å². The molecule has 16 heteroatoms. The lowest BCUT2D eigenvalue weighted by atomic mass is 10.1. The second-order valence-corrected chi connectivity index (χ2v) is 12.4. The van der Waals surface area contributed by atoms with E-state index in [0.29, 0.717) is 67.3 Å². The number of guanidine groups is 1. The lowest BCUT2D eigenvalue weighted by Crippen LogP contribution is -2.59. The number of nitrogens with one attached hydrogen (secondary N) is 1. The molecule has 1 N–H and O–H groups in total. The second kappa shape index (κ2) is 13.5. The van der Waals surface area contributed by atoms with Crippen molar-refractivity contribution in [2.75, 3.05) is 46.1 Å². The number of hydrazine groups is 1. The third-order valence-electron chi connectivity index (χ3n) is 9.46. The fourth-order valence-corrected chi connectivity index (χ4v) is 6.90. The number of hydrogen-bond acceptors (Lipinski definition) is 13. The van der Waals surface area contributed by atoms with Crippen molar-refractivity contribution < 1.29 is 33.3 Å². The number of aldehydes is 1. The number of nitrogens with zero attached hydrogens (tertiary/aromatic N) is 7. The van der Waals surface area contributed by atoms with Crippen LogP contribution in [0.25, 0.3) is 0 Å². The Bertz CT molecular complexity index is 2010. The third-order valence-corrected chi connectivity index (χ3v) is 9.46. The zero-order valence-electron chi connectivity index (χ0n) is 27.9. The molecule has 8 rings (SSSR count). The number of aliphatic imine (C=N–C) groups is 1. The van der Waals surface area contributed by atoms with Gasteiger partial charge in [0.2, 0.25) is 18.5 Å². The molecule has 0 radical (unpaired) electrons. The maximum absolute atomic E-state index is 14.2. The number of fused-ring (bicyclic) bond motifs is 3. The van der Waals surface area contributed by atoms with E-state index < -0.39 is 17.6 Å². The van der Waals surface area contributed by atoms with Crippen LogP contribution in [0.2, 0.25) is 0 Å². The highest BCUT2D eigenvalue weighted by atomic mass is 16.7. The van der Waals surface area contributed by atoms with Crippen molar-refractivity contribution in [1.82, 2.24) is 34.7 Å². The summed E-state index contributed by atoms with van der Waals surface area (Å²) in [5, 5.41) is 1.38. The van der Waals surface area contributed by atoms with Gasteiger partial charge in [-0.1, -0.05) is 43.3 Å². The Hall–Kier alpha value is -5.74. The number of rotatable bonds is 9. The Morgan fingerprint density at radius 1 is 1.04 bits per heavy atom. The molecule has 6 heterocycles. The Kier molecular flexibility index (Phi) is 8.61. The smallest absolute Gasteiger partial charge is 0.296 e. The van der Waals surface area contributed by atoms with Crippen LogP contribution in [0.3, 0.4) is 0 Å². The molecule has 0 spiro atoms. The van der Waals surface area contributed by atoms with Crippen LogP contribution in [0.4, 0.5) is 0 Å². The zero-order valence-corrected chi connectivity index (χ0v) is 27.9. The number of benzene rings is 2. The summed E-state index contributed by atoms with van der Waals surface area (Å²) in [7, 11) is 0. The zero-order chi connectivity index (χ0) is 35.1. The van der Waals surface area contributed by atoms with Gasteiger partial charge in [-0.2, -0.15) is 5.43 Å². The van der Waals surface area contributed by atoms with Gasteiger partial charge in [-0.25, -0.2) is 15.0 Å². The highest BCUT2D eigenvalue weighted by molar-refractivity contribution is 6.09. The topological polar surface area (TPSA) is 160 Å². The van der Waals surface area contributed by atoms with E-state index in [1.807, 2.05) is 54.3 Å². The molecule has 16 nitrogen and oxygen atoms in total. The summed E-state index contributed by atoms with van der Waals surface area (Å²) in [6.45, 7) is 4.10. The molecule has 2 amide bonds. The normalized spacial score (nSPS) is 19.6. The van der Waals surface area contributed by atoms with E-state index in [0.717, 1.165) is 17.4 Å². The molecule has 1 saturated heterocycles. The molecule has 0 bridgehead atoms. The Morgan fingerprint density at radius 2 is 1.84 bits per heavy atom. The first-order valence-electron chi connectivity index (χ1n) is 16.9. The number of allylic oxidation sites excluding steroid dienone is 1. The molecule has 5 aliphatic heterocycles. The van der Waals surface area contributed by atoms with E-state index >= 15 is 0 Å². The molecule has 1 aromatic heterocycles. The van der Waals surface area contributed by atoms with E-state index in [1.54, 1.807) is 15.9 Å². The minimum absolute atomic E-state index is 0.00170. The number of carbonyl (C=O) groups is 3. The van der Waals surface area contributed by atoms with Crippen LogP contribution in [0, 0.1) is 0 Å². The van der Waals surface area contributed by atoms with Crippen molar-refractivity contribution >= 4 is 24.1 Å². The Labute approximate surface area is 292 Å². The number of aromatic nitrogens is 2. The maximum atomic E-state index is 14.2. The third kappa shape index (κ3) is 5.85. The van der Waals surface area contributed by atoms with Gasteiger partial charge >= 0.3 is 0 Å². The average Bonchev–Trinajstić information content (AvgIpc) is 3.84. The largest absolute Gasteiger partial charge is 0.481 e. The summed E-state index contributed by atoms with van der Waals surface area (Å²) >= 11 is 0. The first kappa shape index (κ1) is 32.5. The fraction of sp³-hybridized carbons (Fsp3) is 0.371. The minimum Gasteiger partial charge on any atom is -0.481 e. The van der Waals surface area contributed by atoms with Gasteiger partial charge in [0, 0.05) is 26.2 Å². The number of ether oxygens (including phenoxy) is 4. The molecule has 3 aromatic rings. The summed E-state index contributed by atoms with van der Waals surface area (Å²) in [6, 6.07) is 14.9. The highest BCUT2D eigenvalue weighted by Gasteiger charge is 2.44. The van der Waals surface area contributed by atoms with Crippen molar-refractivity contribution in [3.05, 3.63) is 92.9 Å². The van der Waals surface area contributed by atoms with Gasteiger partial charge < -0.3 is 38.4 Å². The number of hydrogen-bond donors (Lipinski definition) is 1. The number of piperazine rings is 1. The SMILES string of the molecule is CCC1=C(N2CCN(C(=O)c3nc4n(c(=O)c3OCc3ccccc3)CCOC4)CC2)C(=O)N2NC(c3ccc4c(c3)OCO4)N=C2N1CC=O. The van der Waals surface area contributed by atoms with Gasteiger partial charge in [-0.3, -0.25) is 19.0 Å². The van der Waals surface area contributed by atoms with E-state index in [9.17, 15) is 19.2 Å². The molecule has 51 heavy (non-hydrogen) atoms. The molecule has 0 aliphatic carbocycles. The van der Waals surface area contributed by atoms with Gasteiger partial charge in [0.15, 0.2) is 17.2 Å². The summed E-state index contributed by atoms with van der Waals surface area (Å²) in [6.07, 6.45) is 0.643. The fourth-order valence-electron chi connectivity index (χ4n) is 6.90. The number of amides is 2. The van der Waals surface area contributed by atoms with Gasteiger partial charge in [0.25, 0.3) is 17.4 Å². The van der Waals surface area contributed by atoms with Crippen molar-refractivity contribution in [2.45, 2.75) is 39.3 Å². The summed E-state index contributed by atoms with van der Waals surface area (Å²) in [5.41, 5.74) is 5.42. The lowest BCUT2D eigenvalue weighted by Gasteiger charge is -2.43. The van der Waals surface area contributed by atoms with Crippen LogP contribution in [0.5, 0.6) is 17.2 Å². The Balaban J connectivity index is 1.03. The van der Waals surface area contributed by atoms with Gasteiger partial charge in [-0.05, 0) is 29.7 Å². The molecule has 1 fully saturated rings. The molecular weight excluding hydrogens is 660 g/mol. The van der Waals surface area contributed by atoms with Gasteiger partial charge in [0.1, 0.15) is 37.2 Å². The lowest BCUT2D eigenvalue weighted by molar-refractivity contribution is -0.129. The van der Waals surface area contributed by atoms with Crippen LogP contribution in [0.15, 0.2) is 69.7 Å². The van der Waals surface area contributed by atoms with Gasteiger partial charge in [-0.15, -0.1) is 0 Å². The molecule has 1 unspecified atom stereocenters. The van der Waals surface area contributed by atoms with Gasteiger partial charge in [0.05, 0.1) is 25.4 Å². The van der Waals surface area contributed by atoms with Crippen LogP contribution < -0.4 is 25.2 Å². The van der Waals surface area contributed by atoms with Crippen LogP contribution >= 0.6 is 0 Å². The monoisotopic (exact) mass is 696 g/mol. The minimum atomic E-state index is -0.601. The van der Waals surface area contributed by atoms with E-state index in [-0.39, 0.29) is 57.0 Å². The summed E-state index contributed by atoms with van der Waals surface area (Å²) in [5.74, 6) is 1.09. The van der Waals surface area contributed by atoms with Crippen molar-refractivity contribution in [3.63, 3.8) is 0 Å². The molecule has 0 saturated carbocycles. The van der Waals surface area contributed by atoms with Crippen molar-refractivity contribution in [1.29, 1.82) is 0 Å². The molecule has 1 atom stereocenters. The quantitative estimate of drug-likeness (QED) is 0.321. The van der Waals surface area contributed by atoms with E-state index in [1.165, 1.54) is 9.58 Å². The van der Waals surface area contributed by atoms with Crippen LogP contribution in [-0.2, 0) is 34.1 Å². The molecule has 264 valence electrons. The van der Waals surface area contributed by atoms with Crippen molar-refractivity contribution in [3.8, 4) is 17.2 Å². The second-order valence-electron chi connectivity index (χ2n) is 12.4. The average molecular weight is 697 g/mol. The predicted octanol–water partition coefficient (Wildman–Crippen LogP) is 1.38.